The van der Waals surface area contributed by atoms with Crippen LogP contribution in [0.5, 0.6) is 5.75 Å². The summed E-state index contributed by atoms with van der Waals surface area (Å²) in [4.78, 5) is 26.4. The van der Waals surface area contributed by atoms with Crippen LogP contribution in [0.15, 0.2) is 71.6 Å². The van der Waals surface area contributed by atoms with Crippen LogP contribution in [0, 0.1) is 12.8 Å². The molecule has 0 heterocycles. The molecule has 1 unspecified atom stereocenters. The molecule has 8 nitrogen and oxygen atoms in total. The van der Waals surface area contributed by atoms with Crippen molar-refractivity contribution in [2.24, 2.45) is 5.92 Å². The fourth-order valence-electron chi connectivity index (χ4n) is 6.18. The lowest BCUT2D eigenvalue weighted by Crippen LogP contribution is -2.42. The highest BCUT2D eigenvalue weighted by molar-refractivity contribution is 7.98. The van der Waals surface area contributed by atoms with Gasteiger partial charge in [-0.15, -0.1) is 0 Å². The van der Waals surface area contributed by atoms with Crippen molar-refractivity contribution in [2.75, 3.05) is 32.8 Å². The number of rotatable bonds is 16. The van der Waals surface area contributed by atoms with Gasteiger partial charge in [-0.3, -0.25) is 4.79 Å². The average molecular weight is 681 g/mol. The van der Waals surface area contributed by atoms with E-state index in [1.165, 1.54) is 26.4 Å². The molecule has 47 heavy (non-hydrogen) atoms. The molecule has 1 aliphatic carbocycles. The first-order chi connectivity index (χ1) is 22.7. The van der Waals surface area contributed by atoms with Gasteiger partial charge in [-0.05, 0) is 96.7 Å². The van der Waals surface area contributed by atoms with Crippen LogP contribution in [0.1, 0.15) is 77.6 Å². The van der Waals surface area contributed by atoms with Gasteiger partial charge in [-0.1, -0.05) is 68.5 Å². The minimum absolute atomic E-state index is 0.169. The van der Waals surface area contributed by atoms with Gasteiger partial charge in [0.1, 0.15) is 11.8 Å². The maximum Gasteiger partial charge on any atom is 0.328 e. The van der Waals surface area contributed by atoms with Gasteiger partial charge in [-0.2, -0.15) is 16.1 Å². The number of sulfonamides is 1. The van der Waals surface area contributed by atoms with Crippen LogP contribution >= 0.6 is 11.8 Å². The summed E-state index contributed by atoms with van der Waals surface area (Å²) in [5.74, 6) is 0.941. The van der Waals surface area contributed by atoms with Crippen molar-refractivity contribution >= 4 is 33.7 Å². The Morgan fingerprint density at radius 2 is 1.70 bits per heavy atom. The number of hydrogen-bond donors (Lipinski definition) is 1. The van der Waals surface area contributed by atoms with E-state index in [4.69, 9.17) is 9.47 Å². The highest BCUT2D eigenvalue weighted by atomic mass is 32.2. The molecule has 0 aliphatic heterocycles. The van der Waals surface area contributed by atoms with Crippen molar-refractivity contribution in [3.05, 3.63) is 94.5 Å². The van der Waals surface area contributed by atoms with Crippen molar-refractivity contribution in [3.63, 3.8) is 0 Å². The number of hydrogen-bond acceptors (Lipinski definition) is 7. The number of esters is 1. The highest BCUT2D eigenvalue weighted by Crippen LogP contribution is 2.29. The summed E-state index contributed by atoms with van der Waals surface area (Å²) in [7, 11) is -0.950. The second-order valence-electron chi connectivity index (χ2n) is 12.2. The van der Waals surface area contributed by atoms with Crippen molar-refractivity contribution in [1.82, 2.24) is 9.62 Å². The van der Waals surface area contributed by atoms with E-state index in [2.05, 4.69) is 5.32 Å². The SMILES string of the molecule is COC(=O)C(CCSC)NC(=O)c1ccc(CN(CCC2CCCCC2)S(=O)(=O)c2ccc(OC)cc2)cc1Cc1ccccc1C. The predicted octanol–water partition coefficient (Wildman–Crippen LogP) is 6.78. The normalized spacial score (nSPS) is 14.5. The van der Waals surface area contributed by atoms with E-state index in [9.17, 15) is 18.0 Å². The van der Waals surface area contributed by atoms with Gasteiger partial charge in [0.15, 0.2) is 0 Å². The Morgan fingerprint density at radius 3 is 2.36 bits per heavy atom. The maximum absolute atomic E-state index is 14.1. The van der Waals surface area contributed by atoms with Crippen LogP contribution in [-0.4, -0.2) is 63.4 Å². The third kappa shape index (κ3) is 10.1. The largest absolute Gasteiger partial charge is 0.497 e. The summed E-state index contributed by atoms with van der Waals surface area (Å²) in [5.41, 5.74) is 4.15. The Kier molecular flexibility index (Phi) is 13.8. The molecule has 1 amide bonds. The molecule has 0 saturated heterocycles. The van der Waals surface area contributed by atoms with Crippen LogP contribution in [-0.2, 0) is 32.5 Å². The molecule has 0 spiro atoms. The number of aryl methyl sites for hydroxylation is 1. The molecule has 4 rings (SSSR count). The minimum atomic E-state index is -3.82. The number of methoxy groups -OCH3 is 2. The molecule has 0 radical (unpaired) electrons. The summed E-state index contributed by atoms with van der Waals surface area (Å²) >= 11 is 1.59. The fraction of sp³-hybridized carbons (Fsp3) is 0.459. The van der Waals surface area contributed by atoms with E-state index in [0.29, 0.717) is 42.4 Å². The topological polar surface area (TPSA) is 102 Å². The third-order valence-electron chi connectivity index (χ3n) is 9.03. The lowest BCUT2D eigenvalue weighted by molar-refractivity contribution is -0.142. The van der Waals surface area contributed by atoms with Crippen LogP contribution in [0.3, 0.4) is 0 Å². The molecule has 1 saturated carbocycles. The molecule has 1 fully saturated rings. The number of thioether (sulfide) groups is 1. The van der Waals surface area contributed by atoms with Gasteiger partial charge in [0.2, 0.25) is 10.0 Å². The number of nitrogens with one attached hydrogen (secondary N) is 1. The predicted molar refractivity (Wildman–Crippen MR) is 188 cm³/mol. The molecular formula is C37H48N2O6S2. The maximum atomic E-state index is 14.1. The third-order valence-corrected chi connectivity index (χ3v) is 11.5. The first-order valence-electron chi connectivity index (χ1n) is 16.3. The molecular weight excluding hydrogens is 633 g/mol. The average Bonchev–Trinajstić information content (AvgIpc) is 3.09. The van der Waals surface area contributed by atoms with Crippen LogP contribution < -0.4 is 10.1 Å². The zero-order valence-electron chi connectivity index (χ0n) is 28.0. The molecule has 1 N–H and O–H groups in total. The van der Waals surface area contributed by atoms with Gasteiger partial charge in [-0.25, -0.2) is 13.2 Å². The zero-order valence-corrected chi connectivity index (χ0v) is 29.6. The number of nitrogens with zero attached hydrogens (tertiary/aromatic N) is 1. The van der Waals surface area contributed by atoms with Crippen molar-refractivity contribution in [3.8, 4) is 5.75 Å². The number of amides is 1. The van der Waals surface area contributed by atoms with Gasteiger partial charge in [0, 0.05) is 18.7 Å². The fourth-order valence-corrected chi connectivity index (χ4v) is 8.09. The number of benzene rings is 3. The first-order valence-corrected chi connectivity index (χ1v) is 19.2. The number of ether oxygens (including phenoxy) is 2. The Bertz CT molecular complexity index is 1590. The lowest BCUT2D eigenvalue weighted by Gasteiger charge is -2.27. The molecule has 3 aromatic rings. The molecule has 0 bridgehead atoms. The first kappa shape index (κ1) is 36.5. The quantitative estimate of drug-likeness (QED) is 0.167. The van der Waals surface area contributed by atoms with Crippen molar-refractivity contribution < 1.29 is 27.5 Å². The van der Waals surface area contributed by atoms with Crippen LogP contribution in [0.4, 0.5) is 0 Å². The van der Waals surface area contributed by atoms with E-state index >= 15 is 0 Å². The molecule has 254 valence electrons. The Morgan fingerprint density at radius 1 is 0.979 bits per heavy atom. The standard InChI is InChI=1S/C37H48N2O6S2/c1-27-10-8-9-13-30(27)25-31-24-29(14-19-34(31)36(40)38-35(21-23-46-4)37(41)45-3)26-39(22-20-28-11-6-5-7-12-28)47(42,43)33-17-15-32(44-2)16-18-33/h8-10,13-19,24,28,35H,5-7,11-12,20-23,25-26H2,1-4H3,(H,38,40). The minimum Gasteiger partial charge on any atom is -0.497 e. The van der Waals surface area contributed by atoms with Gasteiger partial charge < -0.3 is 14.8 Å². The molecule has 10 heteroatoms. The van der Waals surface area contributed by atoms with Gasteiger partial charge in [0.05, 0.1) is 19.1 Å². The number of carbonyl (C=O) groups excluding carboxylic acids is 2. The van der Waals surface area contributed by atoms with E-state index in [-0.39, 0.29) is 17.3 Å². The highest BCUT2D eigenvalue weighted by Gasteiger charge is 2.28. The molecule has 3 aromatic carbocycles. The summed E-state index contributed by atoms with van der Waals surface area (Å²) in [5, 5.41) is 2.89. The number of carbonyl (C=O) groups is 2. The van der Waals surface area contributed by atoms with Crippen LogP contribution in [0.25, 0.3) is 0 Å². The summed E-state index contributed by atoms with van der Waals surface area (Å²) in [6.45, 7) is 2.61. The van der Waals surface area contributed by atoms with E-state index in [0.717, 1.165) is 41.5 Å². The second-order valence-corrected chi connectivity index (χ2v) is 15.2. The second kappa shape index (κ2) is 17.7. The summed E-state index contributed by atoms with van der Waals surface area (Å²) in [6, 6.07) is 19.3. The van der Waals surface area contributed by atoms with Gasteiger partial charge in [0.25, 0.3) is 5.91 Å². The molecule has 1 aliphatic rings. The molecule has 0 aromatic heterocycles. The Labute approximate surface area is 284 Å². The van der Waals surface area contributed by atoms with Crippen LogP contribution in [0.2, 0.25) is 0 Å². The monoisotopic (exact) mass is 680 g/mol. The van der Waals surface area contributed by atoms with E-state index < -0.39 is 22.0 Å². The smallest absolute Gasteiger partial charge is 0.328 e. The van der Waals surface area contributed by atoms with Gasteiger partial charge >= 0.3 is 5.97 Å². The van der Waals surface area contributed by atoms with E-state index in [1.54, 1.807) is 53.5 Å². The van der Waals surface area contributed by atoms with Crippen molar-refractivity contribution in [1.29, 1.82) is 0 Å². The van der Waals surface area contributed by atoms with Crippen molar-refractivity contribution in [2.45, 2.75) is 75.8 Å². The van der Waals surface area contributed by atoms with E-state index in [1.807, 2.05) is 49.6 Å². The summed E-state index contributed by atoms with van der Waals surface area (Å²) in [6.07, 6.45) is 9.56. The summed E-state index contributed by atoms with van der Waals surface area (Å²) < 4.78 is 40.0. The zero-order chi connectivity index (χ0) is 33.8. The Balaban J connectivity index is 1.68. The molecule has 1 atom stereocenters. The Hall–Kier alpha value is -3.34. The lowest BCUT2D eigenvalue weighted by atomic mass is 9.87.